The van der Waals surface area contributed by atoms with Crippen molar-refractivity contribution in [2.45, 2.75) is 69.4 Å². The zero-order valence-electron chi connectivity index (χ0n) is 16.5. The number of hydrazone groups is 1. The lowest BCUT2D eigenvalue weighted by Gasteiger charge is -2.46. The standard InChI is InChI=1S/C23H29N3O2/c27-22-19-14-18(19)21(24-25-22)16-5-6-20-15(13-16)7-8-23(28-20)9-11-26(12-10-23)17-3-1-2-4-17/h5-6,13,17-19H,1-4,7-12,14H2,(H,25,27)/t18?,19-/m1/s1. The van der Waals surface area contributed by atoms with E-state index in [0.29, 0.717) is 5.92 Å². The highest BCUT2D eigenvalue weighted by Gasteiger charge is 2.49. The van der Waals surface area contributed by atoms with Crippen LogP contribution in [-0.2, 0) is 11.2 Å². The van der Waals surface area contributed by atoms with Gasteiger partial charge >= 0.3 is 0 Å². The second-order valence-electron chi connectivity index (χ2n) is 9.50. The number of nitrogens with one attached hydrogen (secondary N) is 1. The Balaban J connectivity index is 1.17. The van der Waals surface area contributed by atoms with Crippen molar-refractivity contribution >= 4 is 11.6 Å². The third-order valence-corrected chi connectivity index (χ3v) is 7.85. The molecule has 3 heterocycles. The van der Waals surface area contributed by atoms with Gasteiger partial charge < -0.3 is 9.64 Å². The summed E-state index contributed by atoms with van der Waals surface area (Å²) in [6.07, 6.45) is 11.1. The van der Waals surface area contributed by atoms with E-state index >= 15 is 0 Å². The average molecular weight is 380 g/mol. The Morgan fingerprint density at radius 2 is 1.93 bits per heavy atom. The highest BCUT2D eigenvalue weighted by Crippen LogP contribution is 2.45. The summed E-state index contributed by atoms with van der Waals surface area (Å²) < 4.78 is 6.63. The van der Waals surface area contributed by atoms with Gasteiger partial charge in [0.2, 0.25) is 5.91 Å². The summed E-state index contributed by atoms with van der Waals surface area (Å²) in [5.74, 6) is 1.62. The molecule has 0 radical (unpaired) electrons. The van der Waals surface area contributed by atoms with Crippen LogP contribution in [0.2, 0.25) is 0 Å². The second-order valence-corrected chi connectivity index (χ2v) is 9.50. The lowest BCUT2D eigenvalue weighted by atomic mass is 9.82. The van der Waals surface area contributed by atoms with Gasteiger partial charge in [-0.15, -0.1) is 0 Å². The van der Waals surface area contributed by atoms with E-state index in [-0.39, 0.29) is 17.4 Å². The number of rotatable bonds is 2. The van der Waals surface area contributed by atoms with E-state index in [1.165, 1.54) is 44.3 Å². The van der Waals surface area contributed by atoms with Crippen LogP contribution in [0, 0.1) is 11.8 Å². The zero-order chi connectivity index (χ0) is 18.7. The largest absolute Gasteiger partial charge is 0.487 e. The minimum absolute atomic E-state index is 0.0432. The van der Waals surface area contributed by atoms with Gasteiger partial charge in [-0.3, -0.25) is 4.79 Å². The topological polar surface area (TPSA) is 53.9 Å². The van der Waals surface area contributed by atoms with Gasteiger partial charge in [-0.05, 0) is 74.3 Å². The fourth-order valence-electron chi connectivity index (χ4n) is 5.95. The van der Waals surface area contributed by atoms with E-state index in [2.05, 4.69) is 33.6 Å². The van der Waals surface area contributed by atoms with Crippen LogP contribution in [0.25, 0.3) is 0 Å². The Kier molecular flexibility index (Phi) is 3.84. The van der Waals surface area contributed by atoms with Gasteiger partial charge in [-0.1, -0.05) is 12.8 Å². The molecular weight excluding hydrogens is 350 g/mol. The lowest BCUT2D eigenvalue weighted by Crippen LogP contribution is -2.51. The molecule has 1 aromatic rings. The van der Waals surface area contributed by atoms with Gasteiger partial charge in [-0.2, -0.15) is 5.10 Å². The quantitative estimate of drug-likeness (QED) is 0.858. The summed E-state index contributed by atoms with van der Waals surface area (Å²) in [7, 11) is 0. The van der Waals surface area contributed by atoms with Gasteiger partial charge in [0.15, 0.2) is 0 Å². The number of hydrogen-bond donors (Lipinski definition) is 1. The smallest absolute Gasteiger partial charge is 0.243 e. The Hall–Kier alpha value is -1.88. The lowest BCUT2D eigenvalue weighted by molar-refractivity contribution is -0.122. The average Bonchev–Trinajstić information content (AvgIpc) is 3.35. The van der Waals surface area contributed by atoms with Gasteiger partial charge in [0.1, 0.15) is 11.4 Å². The predicted octanol–water partition coefficient (Wildman–Crippen LogP) is 3.26. The SMILES string of the molecule is O=C1NN=C(c2ccc3c(c2)CCC2(CCN(C4CCCC4)CC2)O3)C2C[C@@H]12. The number of carbonyl (C=O) groups is 1. The monoisotopic (exact) mass is 379 g/mol. The van der Waals surface area contributed by atoms with Gasteiger partial charge in [0.05, 0.1) is 5.71 Å². The molecule has 5 heteroatoms. The van der Waals surface area contributed by atoms with Crippen LogP contribution < -0.4 is 10.2 Å². The first-order valence-corrected chi connectivity index (χ1v) is 11.1. The van der Waals surface area contributed by atoms with E-state index < -0.39 is 0 Å². The molecule has 2 aliphatic carbocycles. The molecule has 1 aromatic carbocycles. The Morgan fingerprint density at radius 1 is 1.11 bits per heavy atom. The number of likely N-dealkylation sites (tertiary alicyclic amines) is 1. The van der Waals surface area contributed by atoms with Crippen molar-refractivity contribution in [1.29, 1.82) is 0 Å². The summed E-state index contributed by atoms with van der Waals surface area (Å²) in [6, 6.07) is 7.36. The summed E-state index contributed by atoms with van der Waals surface area (Å²) in [5, 5.41) is 4.35. The molecule has 148 valence electrons. The van der Waals surface area contributed by atoms with Crippen molar-refractivity contribution in [2.75, 3.05) is 13.1 Å². The van der Waals surface area contributed by atoms with Gasteiger partial charge in [0.25, 0.3) is 0 Å². The van der Waals surface area contributed by atoms with E-state index in [4.69, 9.17) is 4.74 Å². The molecule has 0 bridgehead atoms. The van der Waals surface area contributed by atoms with Crippen molar-refractivity contribution in [3.05, 3.63) is 29.3 Å². The van der Waals surface area contributed by atoms with Gasteiger partial charge in [0, 0.05) is 31.0 Å². The van der Waals surface area contributed by atoms with Crippen LogP contribution in [0.1, 0.15) is 62.5 Å². The molecule has 28 heavy (non-hydrogen) atoms. The molecule has 1 N–H and O–H groups in total. The number of piperidine rings is 1. The Labute approximate surface area is 166 Å². The Bertz CT molecular complexity index is 834. The molecule has 5 aliphatic rings. The molecule has 3 fully saturated rings. The maximum Gasteiger partial charge on any atom is 0.243 e. The van der Waals surface area contributed by atoms with E-state index in [1.54, 1.807) is 0 Å². The molecule has 2 saturated carbocycles. The third-order valence-electron chi connectivity index (χ3n) is 7.85. The highest BCUT2D eigenvalue weighted by atomic mass is 16.5. The second kappa shape index (κ2) is 6.31. The van der Waals surface area contributed by atoms with Crippen molar-refractivity contribution in [3.8, 4) is 5.75 Å². The summed E-state index contributed by atoms with van der Waals surface area (Å²) in [6.45, 7) is 2.38. The summed E-state index contributed by atoms with van der Waals surface area (Å²) in [5.41, 5.74) is 6.24. The van der Waals surface area contributed by atoms with Crippen LogP contribution in [0.3, 0.4) is 0 Å². The third kappa shape index (κ3) is 2.78. The number of carbonyl (C=O) groups excluding carboxylic acids is 1. The predicted molar refractivity (Wildman–Crippen MR) is 107 cm³/mol. The number of nitrogens with zero attached hydrogens (tertiary/aromatic N) is 2. The molecule has 1 amide bonds. The van der Waals surface area contributed by atoms with Crippen LogP contribution in [0.5, 0.6) is 5.75 Å². The summed E-state index contributed by atoms with van der Waals surface area (Å²) in [4.78, 5) is 14.4. The molecule has 1 saturated heterocycles. The first-order valence-electron chi connectivity index (χ1n) is 11.1. The molecule has 1 spiro atoms. The highest BCUT2D eigenvalue weighted by molar-refractivity contribution is 6.09. The number of hydrogen-bond acceptors (Lipinski definition) is 4. The van der Waals surface area contributed by atoms with Crippen LogP contribution in [0.4, 0.5) is 0 Å². The van der Waals surface area contributed by atoms with Crippen LogP contribution >= 0.6 is 0 Å². The molecule has 1 unspecified atom stereocenters. The van der Waals surface area contributed by atoms with Crippen molar-refractivity contribution in [3.63, 3.8) is 0 Å². The first-order chi connectivity index (χ1) is 13.7. The zero-order valence-corrected chi connectivity index (χ0v) is 16.5. The summed E-state index contributed by atoms with van der Waals surface area (Å²) >= 11 is 0. The number of aryl methyl sites for hydroxylation is 1. The number of amides is 1. The fraction of sp³-hybridized carbons (Fsp3) is 0.652. The van der Waals surface area contributed by atoms with E-state index in [9.17, 15) is 4.79 Å². The van der Waals surface area contributed by atoms with E-state index in [0.717, 1.165) is 55.2 Å². The van der Waals surface area contributed by atoms with Crippen molar-refractivity contribution in [1.82, 2.24) is 10.3 Å². The molecule has 5 nitrogen and oxygen atoms in total. The minimum Gasteiger partial charge on any atom is -0.487 e. The number of fused-ring (bicyclic) bond motifs is 2. The van der Waals surface area contributed by atoms with Crippen LogP contribution in [0.15, 0.2) is 23.3 Å². The molecule has 3 aliphatic heterocycles. The molecule has 6 rings (SSSR count). The molecule has 0 aromatic heterocycles. The Morgan fingerprint density at radius 3 is 2.75 bits per heavy atom. The van der Waals surface area contributed by atoms with Crippen LogP contribution in [-0.4, -0.2) is 41.3 Å². The normalized spacial score (nSPS) is 31.6. The van der Waals surface area contributed by atoms with E-state index in [1.807, 2.05) is 0 Å². The first kappa shape index (κ1) is 17.0. The van der Waals surface area contributed by atoms with Crippen molar-refractivity contribution < 1.29 is 9.53 Å². The maximum absolute atomic E-state index is 11.7. The molecular formula is C23H29N3O2. The van der Waals surface area contributed by atoms with Gasteiger partial charge in [-0.25, -0.2) is 5.43 Å². The molecule has 2 atom stereocenters. The number of ether oxygens (including phenoxy) is 1. The minimum atomic E-state index is 0.0432. The number of benzene rings is 1. The van der Waals surface area contributed by atoms with Crippen molar-refractivity contribution in [2.24, 2.45) is 16.9 Å². The fourth-order valence-corrected chi connectivity index (χ4v) is 5.95. The maximum atomic E-state index is 11.7.